The number of halogens is 1. The number of nitrogens with zero attached hydrogens (tertiary/aromatic N) is 1. The Morgan fingerprint density at radius 1 is 1.22 bits per heavy atom. The van der Waals surface area contributed by atoms with Gasteiger partial charge in [0.2, 0.25) is 0 Å². The molecule has 1 amide bonds. The van der Waals surface area contributed by atoms with E-state index >= 15 is 0 Å². The van der Waals surface area contributed by atoms with Crippen molar-refractivity contribution in [2.24, 2.45) is 5.10 Å². The molecule has 0 heterocycles. The summed E-state index contributed by atoms with van der Waals surface area (Å²) >= 11 is 5.80. The first kappa shape index (κ1) is 17.0. The lowest BCUT2D eigenvalue weighted by Gasteiger charge is -2.08. The maximum Gasteiger partial charge on any atom is 0.271 e. The lowest BCUT2D eigenvalue weighted by atomic mass is 10.2. The topological polar surface area (TPSA) is 50.7 Å². The molecule has 4 nitrogen and oxygen atoms in total. The molecule has 5 heteroatoms. The summed E-state index contributed by atoms with van der Waals surface area (Å²) in [5.41, 5.74) is 3.81. The molecule has 0 aliphatic heterocycles. The van der Waals surface area contributed by atoms with Crippen LogP contribution in [0.4, 0.5) is 0 Å². The van der Waals surface area contributed by atoms with Crippen LogP contribution in [0.2, 0.25) is 5.02 Å². The van der Waals surface area contributed by atoms with Gasteiger partial charge in [0.25, 0.3) is 5.91 Å². The van der Waals surface area contributed by atoms with Gasteiger partial charge < -0.3 is 4.74 Å². The van der Waals surface area contributed by atoms with E-state index in [1.807, 2.05) is 24.3 Å². The van der Waals surface area contributed by atoms with Gasteiger partial charge in [0.15, 0.2) is 0 Å². The molecule has 0 aliphatic carbocycles. The Kier molecular flexibility index (Phi) is 6.63. The summed E-state index contributed by atoms with van der Waals surface area (Å²) in [5, 5.41) is 4.58. The van der Waals surface area contributed by atoms with Gasteiger partial charge in [-0.15, -0.1) is 0 Å². The third-order valence-corrected chi connectivity index (χ3v) is 3.40. The molecule has 0 saturated heterocycles. The zero-order valence-electron chi connectivity index (χ0n) is 13.0. The molecule has 0 spiro atoms. The number of benzene rings is 2. The molecule has 23 heavy (non-hydrogen) atoms. The van der Waals surface area contributed by atoms with Crippen LogP contribution in [0, 0.1) is 0 Å². The fourth-order valence-corrected chi connectivity index (χ4v) is 2.00. The summed E-state index contributed by atoms with van der Waals surface area (Å²) in [6.45, 7) is 2.78. The first-order valence-corrected chi connectivity index (χ1v) is 7.89. The summed E-state index contributed by atoms with van der Waals surface area (Å²) in [7, 11) is 0. The monoisotopic (exact) mass is 330 g/mol. The number of ether oxygens (including phenoxy) is 1. The lowest BCUT2D eigenvalue weighted by Crippen LogP contribution is -2.17. The predicted molar refractivity (Wildman–Crippen MR) is 93.4 cm³/mol. The number of unbranched alkanes of at least 4 members (excludes halogenated alkanes) is 1. The summed E-state index contributed by atoms with van der Waals surface area (Å²) < 4.78 is 5.71. The molecule has 0 atom stereocenters. The van der Waals surface area contributed by atoms with Crippen molar-refractivity contribution >= 4 is 23.7 Å². The fourth-order valence-electron chi connectivity index (χ4n) is 1.87. The Balaban J connectivity index is 1.97. The zero-order chi connectivity index (χ0) is 16.5. The quantitative estimate of drug-likeness (QED) is 0.468. The van der Waals surface area contributed by atoms with Crippen LogP contribution >= 0.6 is 11.6 Å². The van der Waals surface area contributed by atoms with E-state index in [0.717, 1.165) is 24.2 Å². The Morgan fingerprint density at radius 3 is 2.70 bits per heavy atom. The number of carbonyl (C=O) groups is 1. The number of para-hydroxylation sites is 1. The minimum Gasteiger partial charge on any atom is -0.493 e. The van der Waals surface area contributed by atoms with E-state index < -0.39 is 0 Å². The second-order valence-corrected chi connectivity index (χ2v) is 5.38. The van der Waals surface area contributed by atoms with Crippen LogP contribution in [-0.2, 0) is 0 Å². The molecule has 0 aliphatic rings. The summed E-state index contributed by atoms with van der Waals surface area (Å²) in [4.78, 5) is 11.9. The van der Waals surface area contributed by atoms with Crippen LogP contribution in [0.3, 0.4) is 0 Å². The van der Waals surface area contributed by atoms with Crippen molar-refractivity contribution in [2.75, 3.05) is 6.61 Å². The zero-order valence-corrected chi connectivity index (χ0v) is 13.7. The number of hydrogen-bond acceptors (Lipinski definition) is 3. The Labute approximate surface area is 141 Å². The van der Waals surface area contributed by atoms with Crippen LogP contribution in [0.25, 0.3) is 0 Å². The standard InChI is InChI=1S/C18H19ClN2O2/c1-2-3-12-23-17-7-5-4-6-15(17)13-20-21-18(22)14-8-10-16(19)11-9-14/h4-11,13H,2-3,12H2,1H3,(H,21,22)/b20-13+. The van der Waals surface area contributed by atoms with Crippen LogP contribution in [0.5, 0.6) is 5.75 Å². The Morgan fingerprint density at radius 2 is 1.96 bits per heavy atom. The molecule has 2 rings (SSSR count). The van der Waals surface area contributed by atoms with Crippen LogP contribution in [0.15, 0.2) is 53.6 Å². The van der Waals surface area contributed by atoms with Crippen molar-refractivity contribution in [2.45, 2.75) is 19.8 Å². The number of carbonyl (C=O) groups excluding carboxylic acids is 1. The molecule has 0 unspecified atom stereocenters. The summed E-state index contributed by atoms with van der Waals surface area (Å²) in [5.74, 6) is 0.466. The minimum absolute atomic E-state index is 0.290. The van der Waals surface area contributed by atoms with Crippen molar-refractivity contribution in [3.8, 4) is 5.75 Å². The van der Waals surface area contributed by atoms with Gasteiger partial charge in [0.1, 0.15) is 5.75 Å². The van der Waals surface area contributed by atoms with Crippen molar-refractivity contribution in [1.29, 1.82) is 0 Å². The van der Waals surface area contributed by atoms with Gasteiger partial charge in [0, 0.05) is 16.1 Å². The van der Waals surface area contributed by atoms with Gasteiger partial charge in [-0.1, -0.05) is 37.1 Å². The number of hydrogen-bond donors (Lipinski definition) is 1. The smallest absolute Gasteiger partial charge is 0.271 e. The molecule has 120 valence electrons. The SMILES string of the molecule is CCCCOc1ccccc1/C=N/NC(=O)c1ccc(Cl)cc1. The summed E-state index contributed by atoms with van der Waals surface area (Å²) in [6.07, 6.45) is 3.65. The molecule has 0 saturated carbocycles. The average molecular weight is 331 g/mol. The molecular weight excluding hydrogens is 312 g/mol. The van der Waals surface area contributed by atoms with E-state index in [0.29, 0.717) is 17.2 Å². The molecule has 0 radical (unpaired) electrons. The molecule has 0 bridgehead atoms. The molecule has 2 aromatic carbocycles. The molecule has 0 fully saturated rings. The highest BCUT2D eigenvalue weighted by Gasteiger charge is 2.04. The van der Waals surface area contributed by atoms with E-state index in [-0.39, 0.29) is 5.91 Å². The van der Waals surface area contributed by atoms with Crippen molar-refractivity contribution in [3.05, 3.63) is 64.7 Å². The van der Waals surface area contributed by atoms with Crippen LogP contribution in [0.1, 0.15) is 35.7 Å². The highest BCUT2D eigenvalue weighted by Crippen LogP contribution is 2.16. The van der Waals surface area contributed by atoms with Gasteiger partial charge in [-0.05, 0) is 42.8 Å². The van der Waals surface area contributed by atoms with Gasteiger partial charge in [-0.25, -0.2) is 5.43 Å². The molecule has 0 aromatic heterocycles. The van der Waals surface area contributed by atoms with Crippen molar-refractivity contribution in [1.82, 2.24) is 5.43 Å². The highest BCUT2D eigenvalue weighted by atomic mass is 35.5. The lowest BCUT2D eigenvalue weighted by molar-refractivity contribution is 0.0955. The first-order valence-electron chi connectivity index (χ1n) is 7.51. The third-order valence-electron chi connectivity index (χ3n) is 3.15. The maximum atomic E-state index is 11.9. The van der Waals surface area contributed by atoms with Crippen LogP contribution < -0.4 is 10.2 Å². The number of rotatable bonds is 7. The van der Waals surface area contributed by atoms with E-state index in [4.69, 9.17) is 16.3 Å². The molecular formula is C18H19ClN2O2. The third kappa shape index (κ3) is 5.42. The highest BCUT2D eigenvalue weighted by molar-refractivity contribution is 6.30. The second-order valence-electron chi connectivity index (χ2n) is 4.95. The maximum absolute atomic E-state index is 11.9. The van der Waals surface area contributed by atoms with E-state index in [1.165, 1.54) is 0 Å². The Bertz CT molecular complexity index is 669. The minimum atomic E-state index is -0.290. The number of nitrogens with one attached hydrogen (secondary N) is 1. The number of amides is 1. The normalized spacial score (nSPS) is 10.7. The van der Waals surface area contributed by atoms with E-state index in [1.54, 1.807) is 30.5 Å². The molecule has 2 aromatic rings. The average Bonchev–Trinajstić information content (AvgIpc) is 2.57. The largest absolute Gasteiger partial charge is 0.493 e. The van der Waals surface area contributed by atoms with Gasteiger partial charge in [0.05, 0.1) is 12.8 Å². The summed E-state index contributed by atoms with van der Waals surface area (Å²) in [6, 6.07) is 14.2. The van der Waals surface area contributed by atoms with Crippen molar-refractivity contribution < 1.29 is 9.53 Å². The van der Waals surface area contributed by atoms with Gasteiger partial charge in [-0.3, -0.25) is 4.79 Å². The fraction of sp³-hybridized carbons (Fsp3) is 0.222. The van der Waals surface area contributed by atoms with Crippen LogP contribution in [-0.4, -0.2) is 18.7 Å². The Hall–Kier alpha value is -2.33. The second kappa shape index (κ2) is 8.96. The molecule has 1 N–H and O–H groups in total. The number of hydrazone groups is 1. The van der Waals surface area contributed by atoms with Gasteiger partial charge in [-0.2, -0.15) is 5.10 Å². The first-order chi connectivity index (χ1) is 11.2. The van der Waals surface area contributed by atoms with Crippen molar-refractivity contribution in [3.63, 3.8) is 0 Å². The van der Waals surface area contributed by atoms with E-state index in [2.05, 4.69) is 17.5 Å². The van der Waals surface area contributed by atoms with E-state index in [9.17, 15) is 4.79 Å². The van der Waals surface area contributed by atoms with Gasteiger partial charge >= 0.3 is 0 Å². The predicted octanol–water partition coefficient (Wildman–Crippen LogP) is 4.28.